The fraction of sp³-hybridized carbons (Fsp3) is 0.391. The van der Waals surface area contributed by atoms with E-state index in [-0.39, 0.29) is 36.5 Å². The van der Waals surface area contributed by atoms with Crippen molar-refractivity contribution in [2.45, 2.75) is 26.9 Å². The first kappa shape index (κ1) is 26.5. The van der Waals surface area contributed by atoms with Gasteiger partial charge in [-0.1, -0.05) is 24.3 Å². The van der Waals surface area contributed by atoms with Gasteiger partial charge in [0, 0.05) is 26.7 Å². The van der Waals surface area contributed by atoms with Crippen molar-refractivity contribution in [2.24, 2.45) is 4.99 Å². The molecule has 0 aliphatic heterocycles. The first-order valence-corrected chi connectivity index (χ1v) is 10.2. The number of ether oxygens (including phenoxy) is 2. The maximum atomic E-state index is 11.6. The first-order valence-electron chi connectivity index (χ1n) is 10.2. The quantitative estimate of drug-likeness (QED) is 0.275. The number of nitrogens with zero attached hydrogens (tertiary/aromatic N) is 2. The smallest absolute Gasteiger partial charge is 0.257 e. The summed E-state index contributed by atoms with van der Waals surface area (Å²) in [4.78, 5) is 18.4. The molecule has 0 radical (unpaired) electrons. The topological polar surface area (TPSA) is 75.2 Å². The highest BCUT2D eigenvalue weighted by atomic mass is 127. The molecule has 0 fully saturated rings. The summed E-state index contributed by atoms with van der Waals surface area (Å²) < 4.78 is 10.8. The van der Waals surface area contributed by atoms with Gasteiger partial charge in [-0.2, -0.15) is 0 Å². The molecule has 8 heteroatoms. The lowest BCUT2D eigenvalue weighted by Gasteiger charge is -2.22. The van der Waals surface area contributed by atoms with Gasteiger partial charge < -0.3 is 25.0 Å². The third kappa shape index (κ3) is 9.46. The Morgan fingerprint density at radius 3 is 2.35 bits per heavy atom. The maximum absolute atomic E-state index is 11.6. The molecule has 0 bridgehead atoms. The number of hydrogen-bond acceptors (Lipinski definition) is 4. The van der Waals surface area contributed by atoms with E-state index in [2.05, 4.69) is 27.7 Å². The zero-order chi connectivity index (χ0) is 21.8. The van der Waals surface area contributed by atoms with Crippen LogP contribution in [-0.4, -0.2) is 50.6 Å². The van der Waals surface area contributed by atoms with E-state index in [1.807, 2.05) is 57.3 Å². The van der Waals surface area contributed by atoms with Gasteiger partial charge in [-0.3, -0.25) is 4.79 Å². The Kier molecular flexibility index (Phi) is 12.4. The molecule has 2 aromatic rings. The lowest BCUT2D eigenvalue weighted by atomic mass is 10.2. The van der Waals surface area contributed by atoms with E-state index >= 15 is 0 Å². The standard InChI is InChI=1S/C23H32N4O3.HI/c1-5-24-22(28)17-30-21-9-7-8-19(14-21)15-26-23(25-6-2)27(3)16-18-10-12-20(29-4)13-11-18;/h7-14H,5-6,15-17H2,1-4H3,(H,24,28)(H,25,26);1H. The number of carbonyl (C=O) groups excluding carboxylic acids is 1. The van der Waals surface area contributed by atoms with Crippen LogP contribution in [0.1, 0.15) is 25.0 Å². The van der Waals surface area contributed by atoms with Gasteiger partial charge in [0.2, 0.25) is 0 Å². The monoisotopic (exact) mass is 540 g/mol. The van der Waals surface area contributed by atoms with E-state index in [9.17, 15) is 4.79 Å². The van der Waals surface area contributed by atoms with Crippen LogP contribution in [0.2, 0.25) is 0 Å². The van der Waals surface area contributed by atoms with E-state index in [0.717, 1.165) is 30.4 Å². The van der Waals surface area contributed by atoms with Gasteiger partial charge in [0.05, 0.1) is 13.7 Å². The normalized spacial score (nSPS) is 10.6. The zero-order valence-electron chi connectivity index (χ0n) is 18.7. The van der Waals surface area contributed by atoms with Crippen LogP contribution >= 0.6 is 24.0 Å². The van der Waals surface area contributed by atoms with Crippen LogP contribution < -0.4 is 20.1 Å². The molecule has 1 amide bonds. The molecule has 0 aliphatic rings. The molecule has 0 atom stereocenters. The minimum atomic E-state index is -0.129. The molecule has 2 aromatic carbocycles. The molecule has 0 heterocycles. The maximum Gasteiger partial charge on any atom is 0.257 e. The Balaban J connectivity index is 0.00000480. The van der Waals surface area contributed by atoms with Gasteiger partial charge in [0.25, 0.3) is 5.91 Å². The van der Waals surface area contributed by atoms with Crippen molar-refractivity contribution in [3.63, 3.8) is 0 Å². The second kappa shape index (κ2) is 14.5. The molecule has 0 saturated carbocycles. The number of carbonyl (C=O) groups is 1. The van der Waals surface area contributed by atoms with Crippen LogP contribution in [0, 0.1) is 0 Å². The minimum Gasteiger partial charge on any atom is -0.497 e. The molecule has 7 nitrogen and oxygen atoms in total. The molecule has 0 spiro atoms. The van der Waals surface area contributed by atoms with Crippen LogP contribution in [0.25, 0.3) is 0 Å². The number of amides is 1. The lowest BCUT2D eigenvalue weighted by Crippen LogP contribution is -2.38. The molecule has 31 heavy (non-hydrogen) atoms. The fourth-order valence-corrected chi connectivity index (χ4v) is 2.85. The van der Waals surface area contributed by atoms with Gasteiger partial charge in [-0.25, -0.2) is 4.99 Å². The number of likely N-dealkylation sites (N-methyl/N-ethyl adjacent to an activating group) is 1. The summed E-state index contributed by atoms with van der Waals surface area (Å²) in [5.74, 6) is 2.19. The number of methoxy groups -OCH3 is 1. The number of guanidine groups is 1. The molecule has 0 unspecified atom stereocenters. The summed E-state index contributed by atoms with van der Waals surface area (Å²) in [6.07, 6.45) is 0. The average molecular weight is 540 g/mol. The van der Waals surface area contributed by atoms with Crippen molar-refractivity contribution >= 4 is 35.8 Å². The SMILES string of the molecule is CCNC(=O)COc1cccc(CN=C(NCC)N(C)Cc2ccc(OC)cc2)c1.I. The van der Waals surface area contributed by atoms with Gasteiger partial charge in [0.1, 0.15) is 11.5 Å². The predicted octanol–water partition coefficient (Wildman–Crippen LogP) is 3.43. The van der Waals surface area contributed by atoms with Crippen molar-refractivity contribution in [2.75, 3.05) is 33.9 Å². The predicted molar refractivity (Wildman–Crippen MR) is 135 cm³/mol. The summed E-state index contributed by atoms with van der Waals surface area (Å²) in [6.45, 7) is 6.54. The third-order valence-corrected chi connectivity index (χ3v) is 4.33. The highest BCUT2D eigenvalue weighted by molar-refractivity contribution is 14.0. The Hall–Kier alpha value is -2.49. The van der Waals surface area contributed by atoms with Crippen LogP contribution in [0.4, 0.5) is 0 Å². The molecular formula is C23H33IN4O3. The fourth-order valence-electron chi connectivity index (χ4n) is 2.85. The number of hydrogen-bond donors (Lipinski definition) is 2. The number of benzene rings is 2. The van der Waals surface area contributed by atoms with E-state index < -0.39 is 0 Å². The highest BCUT2D eigenvalue weighted by Gasteiger charge is 2.07. The van der Waals surface area contributed by atoms with E-state index in [4.69, 9.17) is 14.5 Å². The lowest BCUT2D eigenvalue weighted by molar-refractivity contribution is -0.122. The zero-order valence-corrected chi connectivity index (χ0v) is 21.0. The van der Waals surface area contributed by atoms with Gasteiger partial charge >= 0.3 is 0 Å². The average Bonchev–Trinajstić information content (AvgIpc) is 2.76. The molecule has 170 valence electrons. The van der Waals surface area contributed by atoms with Crippen LogP contribution in [0.15, 0.2) is 53.5 Å². The summed E-state index contributed by atoms with van der Waals surface area (Å²) in [5, 5.41) is 6.05. The summed E-state index contributed by atoms with van der Waals surface area (Å²) in [7, 11) is 3.68. The van der Waals surface area contributed by atoms with Gasteiger partial charge in [-0.05, 0) is 49.2 Å². The van der Waals surface area contributed by atoms with Gasteiger partial charge in [-0.15, -0.1) is 24.0 Å². The summed E-state index contributed by atoms with van der Waals surface area (Å²) in [6, 6.07) is 15.7. The molecule has 2 rings (SSSR count). The molecule has 0 saturated heterocycles. The molecule has 0 aromatic heterocycles. The summed E-state index contributed by atoms with van der Waals surface area (Å²) in [5.41, 5.74) is 2.18. The Labute approximate surface area is 202 Å². The largest absolute Gasteiger partial charge is 0.497 e. The van der Waals surface area contributed by atoms with E-state index in [0.29, 0.717) is 18.8 Å². The Morgan fingerprint density at radius 2 is 1.71 bits per heavy atom. The van der Waals surface area contributed by atoms with Gasteiger partial charge in [0.15, 0.2) is 12.6 Å². The van der Waals surface area contributed by atoms with Crippen LogP contribution in [0.3, 0.4) is 0 Å². The van der Waals surface area contributed by atoms with Crippen LogP contribution in [-0.2, 0) is 17.9 Å². The minimum absolute atomic E-state index is 0. The molecule has 0 aliphatic carbocycles. The molecule has 2 N–H and O–H groups in total. The number of nitrogens with one attached hydrogen (secondary N) is 2. The number of halogens is 1. The number of aliphatic imine (C=N–C) groups is 1. The second-order valence-corrected chi connectivity index (χ2v) is 6.76. The molecular weight excluding hydrogens is 507 g/mol. The van der Waals surface area contributed by atoms with Crippen molar-refractivity contribution < 1.29 is 14.3 Å². The Bertz CT molecular complexity index is 828. The van der Waals surface area contributed by atoms with Crippen LogP contribution in [0.5, 0.6) is 11.5 Å². The van der Waals surface area contributed by atoms with Crippen molar-refractivity contribution in [1.29, 1.82) is 0 Å². The summed E-state index contributed by atoms with van der Waals surface area (Å²) >= 11 is 0. The van der Waals surface area contributed by atoms with Crippen molar-refractivity contribution in [1.82, 2.24) is 15.5 Å². The van der Waals surface area contributed by atoms with Crippen molar-refractivity contribution in [3.05, 3.63) is 59.7 Å². The first-order chi connectivity index (χ1) is 14.5. The third-order valence-electron chi connectivity index (χ3n) is 4.33. The second-order valence-electron chi connectivity index (χ2n) is 6.76. The van der Waals surface area contributed by atoms with Crippen molar-refractivity contribution in [3.8, 4) is 11.5 Å². The number of rotatable bonds is 10. The Morgan fingerprint density at radius 1 is 1.00 bits per heavy atom. The van der Waals surface area contributed by atoms with E-state index in [1.165, 1.54) is 5.56 Å². The highest BCUT2D eigenvalue weighted by Crippen LogP contribution is 2.15. The van der Waals surface area contributed by atoms with E-state index in [1.54, 1.807) is 7.11 Å².